The van der Waals surface area contributed by atoms with Gasteiger partial charge in [0.05, 0.1) is 0 Å². The number of hydrazine groups is 1. The Morgan fingerprint density at radius 2 is 2.04 bits per heavy atom. The summed E-state index contributed by atoms with van der Waals surface area (Å²) in [6.07, 6.45) is 4.62. The molecule has 4 N–H and O–H groups in total. The SMILES string of the molecule is CC1NNCC1CN(C)c1cc(C2CC(N)C2)nc(C2CC2)n1. The minimum absolute atomic E-state index is 0.358. The summed E-state index contributed by atoms with van der Waals surface area (Å²) < 4.78 is 0. The van der Waals surface area contributed by atoms with Gasteiger partial charge >= 0.3 is 0 Å². The van der Waals surface area contributed by atoms with Crippen LogP contribution in [0.15, 0.2) is 6.07 Å². The summed E-state index contributed by atoms with van der Waals surface area (Å²) in [5, 5.41) is 0. The molecule has 0 aromatic carbocycles. The minimum Gasteiger partial charge on any atom is -0.359 e. The zero-order chi connectivity index (χ0) is 16.0. The van der Waals surface area contributed by atoms with Crippen LogP contribution in [0, 0.1) is 5.92 Å². The standard InChI is InChI=1S/C17H28N6/c1-10-13(8-19-22-10)9-23(2)16-7-15(12-5-14(18)6-12)20-17(21-16)11-3-4-11/h7,10-14,19,22H,3-6,8-9,18H2,1-2H3. The van der Waals surface area contributed by atoms with E-state index in [1.54, 1.807) is 0 Å². The van der Waals surface area contributed by atoms with E-state index < -0.39 is 0 Å². The van der Waals surface area contributed by atoms with Crippen molar-refractivity contribution in [2.24, 2.45) is 11.7 Å². The molecule has 0 bridgehead atoms. The summed E-state index contributed by atoms with van der Waals surface area (Å²) in [7, 11) is 2.15. The van der Waals surface area contributed by atoms with Crippen molar-refractivity contribution in [1.82, 2.24) is 20.8 Å². The highest BCUT2D eigenvalue weighted by Gasteiger charge is 2.33. The normalized spacial score (nSPS) is 33.5. The molecule has 0 spiro atoms. The van der Waals surface area contributed by atoms with Crippen LogP contribution >= 0.6 is 0 Å². The van der Waals surface area contributed by atoms with Crippen LogP contribution in [0.1, 0.15) is 56.0 Å². The van der Waals surface area contributed by atoms with E-state index in [1.807, 2.05) is 0 Å². The summed E-state index contributed by atoms with van der Waals surface area (Å²) in [4.78, 5) is 12.0. The molecule has 4 rings (SSSR count). The predicted molar refractivity (Wildman–Crippen MR) is 91.3 cm³/mol. The highest BCUT2D eigenvalue weighted by molar-refractivity contribution is 5.41. The second-order valence-corrected chi connectivity index (χ2v) is 7.67. The molecule has 1 aromatic rings. The Morgan fingerprint density at radius 3 is 2.65 bits per heavy atom. The number of anilines is 1. The lowest BCUT2D eigenvalue weighted by molar-refractivity contribution is 0.344. The number of nitrogens with one attached hydrogen (secondary N) is 2. The molecule has 3 fully saturated rings. The Bertz CT molecular complexity index is 566. The zero-order valence-corrected chi connectivity index (χ0v) is 14.1. The van der Waals surface area contributed by atoms with Gasteiger partial charge in [-0.2, -0.15) is 0 Å². The molecule has 3 aliphatic rings. The summed E-state index contributed by atoms with van der Waals surface area (Å²) >= 11 is 0. The van der Waals surface area contributed by atoms with E-state index in [-0.39, 0.29) is 0 Å². The molecular formula is C17H28N6. The second kappa shape index (κ2) is 6.00. The van der Waals surface area contributed by atoms with Crippen molar-refractivity contribution in [3.63, 3.8) is 0 Å². The summed E-state index contributed by atoms with van der Waals surface area (Å²) in [5.74, 6) is 3.85. The predicted octanol–water partition coefficient (Wildman–Crippen LogP) is 1.11. The first kappa shape index (κ1) is 15.3. The lowest BCUT2D eigenvalue weighted by Gasteiger charge is -2.33. The highest BCUT2D eigenvalue weighted by Crippen LogP contribution is 2.41. The van der Waals surface area contributed by atoms with E-state index in [4.69, 9.17) is 15.7 Å². The van der Waals surface area contributed by atoms with E-state index in [1.165, 1.54) is 18.5 Å². The van der Waals surface area contributed by atoms with Gasteiger partial charge in [-0.25, -0.2) is 9.97 Å². The average molecular weight is 316 g/mol. The van der Waals surface area contributed by atoms with Crippen molar-refractivity contribution in [2.45, 2.75) is 56.5 Å². The summed E-state index contributed by atoms with van der Waals surface area (Å²) in [6, 6.07) is 3.05. The minimum atomic E-state index is 0.358. The molecule has 6 nitrogen and oxygen atoms in total. The molecule has 2 atom stereocenters. The first-order valence-corrected chi connectivity index (χ1v) is 8.94. The molecule has 2 heterocycles. The third-order valence-corrected chi connectivity index (χ3v) is 5.59. The Balaban J connectivity index is 1.54. The fourth-order valence-corrected chi connectivity index (χ4v) is 3.62. The third kappa shape index (κ3) is 3.20. The lowest BCUT2D eigenvalue weighted by Crippen LogP contribution is -2.36. The molecule has 2 aliphatic carbocycles. The largest absolute Gasteiger partial charge is 0.359 e. The Hall–Kier alpha value is -1.24. The van der Waals surface area contributed by atoms with Gasteiger partial charge in [-0.15, -0.1) is 0 Å². The molecular weight excluding hydrogens is 288 g/mol. The third-order valence-electron chi connectivity index (χ3n) is 5.59. The zero-order valence-electron chi connectivity index (χ0n) is 14.1. The molecule has 1 aromatic heterocycles. The van der Waals surface area contributed by atoms with Crippen molar-refractivity contribution in [3.8, 4) is 0 Å². The van der Waals surface area contributed by atoms with Gasteiger partial charge in [-0.1, -0.05) is 0 Å². The topological polar surface area (TPSA) is 79.1 Å². The van der Waals surface area contributed by atoms with Gasteiger partial charge in [0, 0.05) is 61.7 Å². The van der Waals surface area contributed by atoms with Gasteiger partial charge in [0.15, 0.2) is 0 Å². The van der Waals surface area contributed by atoms with E-state index >= 15 is 0 Å². The molecule has 2 saturated carbocycles. The van der Waals surface area contributed by atoms with Gasteiger partial charge in [-0.05, 0) is 32.6 Å². The Kier molecular flexibility index (Phi) is 3.99. The molecule has 2 unspecified atom stereocenters. The van der Waals surface area contributed by atoms with Gasteiger partial charge in [0.25, 0.3) is 0 Å². The molecule has 0 amide bonds. The fraction of sp³-hybridized carbons (Fsp3) is 0.765. The number of hydrogen-bond donors (Lipinski definition) is 3. The van der Waals surface area contributed by atoms with E-state index in [9.17, 15) is 0 Å². The first-order chi connectivity index (χ1) is 11.1. The van der Waals surface area contributed by atoms with Gasteiger partial charge < -0.3 is 10.6 Å². The van der Waals surface area contributed by atoms with Gasteiger partial charge in [0.1, 0.15) is 11.6 Å². The van der Waals surface area contributed by atoms with Crippen LogP contribution in [0.2, 0.25) is 0 Å². The van der Waals surface area contributed by atoms with Crippen molar-refractivity contribution in [1.29, 1.82) is 0 Å². The van der Waals surface area contributed by atoms with Gasteiger partial charge in [0.2, 0.25) is 0 Å². The first-order valence-electron chi connectivity index (χ1n) is 8.94. The maximum atomic E-state index is 5.97. The van der Waals surface area contributed by atoms with E-state index in [2.05, 4.69) is 35.8 Å². The smallest absolute Gasteiger partial charge is 0.134 e. The van der Waals surface area contributed by atoms with E-state index in [0.717, 1.165) is 37.6 Å². The maximum absolute atomic E-state index is 5.97. The Morgan fingerprint density at radius 1 is 1.26 bits per heavy atom. The molecule has 126 valence electrons. The number of nitrogens with zero attached hydrogens (tertiary/aromatic N) is 3. The number of nitrogens with two attached hydrogens (primary N) is 1. The van der Waals surface area contributed by atoms with Crippen molar-refractivity contribution in [2.75, 3.05) is 25.0 Å². The van der Waals surface area contributed by atoms with Crippen LogP contribution in [0.3, 0.4) is 0 Å². The average Bonchev–Trinajstić information content (AvgIpc) is 3.29. The molecule has 1 aliphatic heterocycles. The highest BCUT2D eigenvalue weighted by atomic mass is 15.4. The van der Waals surface area contributed by atoms with Crippen molar-refractivity contribution < 1.29 is 0 Å². The number of rotatable bonds is 5. The maximum Gasteiger partial charge on any atom is 0.134 e. The summed E-state index contributed by atoms with van der Waals surface area (Å²) in [5.41, 5.74) is 13.7. The Labute approximate surface area is 138 Å². The monoisotopic (exact) mass is 316 g/mol. The van der Waals surface area contributed by atoms with Crippen molar-refractivity contribution in [3.05, 3.63) is 17.6 Å². The fourth-order valence-electron chi connectivity index (χ4n) is 3.62. The van der Waals surface area contributed by atoms with Crippen LogP contribution < -0.4 is 21.5 Å². The van der Waals surface area contributed by atoms with Crippen LogP contribution in [0.4, 0.5) is 5.82 Å². The van der Waals surface area contributed by atoms with Crippen LogP contribution in [-0.4, -0.2) is 42.2 Å². The second-order valence-electron chi connectivity index (χ2n) is 7.67. The summed E-state index contributed by atoms with van der Waals surface area (Å²) in [6.45, 7) is 4.25. The molecule has 1 saturated heterocycles. The van der Waals surface area contributed by atoms with Crippen LogP contribution in [-0.2, 0) is 0 Å². The number of hydrogen-bond acceptors (Lipinski definition) is 6. The molecule has 23 heavy (non-hydrogen) atoms. The molecule has 0 radical (unpaired) electrons. The van der Waals surface area contributed by atoms with E-state index in [0.29, 0.717) is 29.8 Å². The molecule has 6 heteroatoms. The van der Waals surface area contributed by atoms with Gasteiger partial charge in [-0.3, -0.25) is 10.9 Å². The van der Waals surface area contributed by atoms with Crippen LogP contribution in [0.25, 0.3) is 0 Å². The van der Waals surface area contributed by atoms with Crippen LogP contribution in [0.5, 0.6) is 0 Å². The van der Waals surface area contributed by atoms with Crippen molar-refractivity contribution >= 4 is 5.82 Å². The quantitative estimate of drug-likeness (QED) is 0.755. The lowest BCUT2D eigenvalue weighted by atomic mass is 9.78. The number of aromatic nitrogens is 2.